The van der Waals surface area contributed by atoms with Crippen LogP contribution in [-0.2, 0) is 16.1 Å². The fourth-order valence-electron chi connectivity index (χ4n) is 3.16. The van der Waals surface area contributed by atoms with E-state index >= 15 is 0 Å². The Morgan fingerprint density at radius 1 is 1.31 bits per heavy atom. The van der Waals surface area contributed by atoms with Crippen LogP contribution in [0.4, 0.5) is 5.95 Å². The van der Waals surface area contributed by atoms with Gasteiger partial charge in [-0.3, -0.25) is 14.9 Å². The minimum Gasteiger partial charge on any atom is -0.330 e. The molecule has 1 aromatic heterocycles. The lowest BCUT2D eigenvalue weighted by atomic mass is 10.0. The molecule has 0 saturated carbocycles. The van der Waals surface area contributed by atoms with Crippen LogP contribution in [0.1, 0.15) is 32.3 Å². The summed E-state index contributed by atoms with van der Waals surface area (Å²) in [5, 5.41) is 7.07. The Labute approximate surface area is 160 Å². The lowest BCUT2D eigenvalue weighted by molar-refractivity contribution is -0.136. The van der Waals surface area contributed by atoms with E-state index in [-0.39, 0.29) is 23.7 Å². The van der Waals surface area contributed by atoms with Crippen molar-refractivity contribution in [2.45, 2.75) is 39.3 Å². The number of amides is 2. The molecule has 2 amide bonds. The van der Waals surface area contributed by atoms with Gasteiger partial charge in [-0.15, -0.1) is 5.10 Å². The largest absolute Gasteiger partial charge is 0.330 e. The summed E-state index contributed by atoms with van der Waals surface area (Å²) in [4.78, 5) is 30.5. The molecule has 1 aromatic carbocycles. The molecule has 3 rings (SSSR count). The van der Waals surface area contributed by atoms with Crippen molar-refractivity contribution in [3.63, 3.8) is 0 Å². The number of likely N-dealkylation sites (tertiary alicyclic amines) is 1. The highest BCUT2D eigenvalue weighted by molar-refractivity contribution is 9.10. The molecule has 1 atom stereocenters. The Hall–Kier alpha value is -2.22. The van der Waals surface area contributed by atoms with Gasteiger partial charge in [0.25, 0.3) is 0 Å². The van der Waals surface area contributed by atoms with Gasteiger partial charge in [0.05, 0.1) is 6.54 Å². The Kier molecular flexibility index (Phi) is 5.70. The van der Waals surface area contributed by atoms with Crippen molar-refractivity contribution in [2.24, 2.45) is 5.92 Å². The molecule has 1 unspecified atom stereocenters. The number of hydrogen-bond acceptors (Lipinski definition) is 4. The van der Waals surface area contributed by atoms with Crippen LogP contribution in [0.5, 0.6) is 0 Å². The number of carbonyl (C=O) groups excluding carboxylic acids is 2. The van der Waals surface area contributed by atoms with Gasteiger partial charge in [0, 0.05) is 17.4 Å². The Morgan fingerprint density at radius 3 is 2.65 bits per heavy atom. The van der Waals surface area contributed by atoms with E-state index in [1.807, 2.05) is 38.1 Å². The van der Waals surface area contributed by atoms with Gasteiger partial charge in [0.15, 0.2) is 0 Å². The normalized spacial score (nSPS) is 15.5. The van der Waals surface area contributed by atoms with Crippen molar-refractivity contribution in [3.05, 3.63) is 40.6 Å². The number of hydrogen-bond donors (Lipinski definition) is 1. The summed E-state index contributed by atoms with van der Waals surface area (Å²) >= 11 is 3.41. The Morgan fingerprint density at radius 2 is 2.04 bits per heavy atom. The molecule has 8 heteroatoms. The Balaban J connectivity index is 1.66. The van der Waals surface area contributed by atoms with Gasteiger partial charge >= 0.3 is 0 Å². The summed E-state index contributed by atoms with van der Waals surface area (Å²) < 4.78 is 2.69. The number of benzene rings is 1. The molecule has 0 spiro atoms. The summed E-state index contributed by atoms with van der Waals surface area (Å²) in [5.74, 6) is 0.0653. The minimum absolute atomic E-state index is 0.0156. The third-order valence-corrected chi connectivity index (χ3v) is 4.90. The number of rotatable bonds is 6. The van der Waals surface area contributed by atoms with E-state index in [4.69, 9.17) is 0 Å². The molecular formula is C18H22BrN5O2. The van der Waals surface area contributed by atoms with Crippen LogP contribution in [0.15, 0.2) is 35.1 Å². The van der Waals surface area contributed by atoms with Crippen molar-refractivity contribution < 1.29 is 9.59 Å². The first-order valence-corrected chi connectivity index (χ1v) is 9.47. The summed E-state index contributed by atoms with van der Waals surface area (Å²) in [6.45, 7) is 5.07. The molecule has 1 aliphatic rings. The molecule has 0 bridgehead atoms. The third-order valence-electron chi connectivity index (χ3n) is 4.38. The average Bonchev–Trinajstić information content (AvgIpc) is 3.19. The lowest BCUT2D eigenvalue weighted by Crippen LogP contribution is -2.48. The van der Waals surface area contributed by atoms with Crippen LogP contribution in [0.2, 0.25) is 0 Å². The van der Waals surface area contributed by atoms with Gasteiger partial charge in [0.1, 0.15) is 12.4 Å². The van der Waals surface area contributed by atoms with Crippen LogP contribution in [0.25, 0.3) is 0 Å². The SMILES string of the molecule is CC(C)C(C(=O)Nc1ncn(Cc2ccc(Br)cc2)n1)N1CCCC1=O. The molecule has 2 heterocycles. The molecule has 1 aliphatic heterocycles. The molecule has 1 N–H and O–H groups in total. The van der Waals surface area contributed by atoms with Gasteiger partial charge in [-0.2, -0.15) is 0 Å². The van der Waals surface area contributed by atoms with Gasteiger partial charge < -0.3 is 4.90 Å². The molecule has 0 aliphatic carbocycles. The highest BCUT2D eigenvalue weighted by atomic mass is 79.9. The molecule has 1 fully saturated rings. The van der Waals surface area contributed by atoms with Crippen molar-refractivity contribution in [1.29, 1.82) is 0 Å². The number of anilines is 1. The number of nitrogens with zero attached hydrogens (tertiary/aromatic N) is 4. The minimum atomic E-state index is -0.497. The first kappa shape index (κ1) is 18.6. The van der Waals surface area contributed by atoms with Crippen LogP contribution in [0.3, 0.4) is 0 Å². The first-order chi connectivity index (χ1) is 12.4. The maximum atomic E-state index is 12.7. The van der Waals surface area contributed by atoms with Crippen LogP contribution >= 0.6 is 15.9 Å². The summed E-state index contributed by atoms with van der Waals surface area (Å²) in [6, 6.07) is 7.43. The van der Waals surface area contributed by atoms with Gasteiger partial charge in [-0.25, -0.2) is 9.67 Å². The summed E-state index contributed by atoms with van der Waals surface area (Å²) in [6.07, 6.45) is 2.90. The van der Waals surface area contributed by atoms with Crippen molar-refractivity contribution in [3.8, 4) is 0 Å². The van der Waals surface area contributed by atoms with Gasteiger partial charge in [-0.05, 0) is 30.0 Å². The lowest BCUT2D eigenvalue weighted by Gasteiger charge is -2.29. The maximum absolute atomic E-state index is 12.7. The number of halogens is 1. The maximum Gasteiger partial charge on any atom is 0.249 e. The molecule has 0 radical (unpaired) electrons. The summed E-state index contributed by atoms with van der Waals surface area (Å²) in [5.41, 5.74) is 1.08. The first-order valence-electron chi connectivity index (χ1n) is 8.68. The standard InChI is InChI=1S/C18H22BrN5O2/c1-12(2)16(24-9-3-4-15(24)25)17(26)21-18-20-11-23(22-18)10-13-5-7-14(19)8-6-13/h5-8,11-12,16H,3-4,9-10H2,1-2H3,(H,21,22,26). The number of carbonyl (C=O) groups is 2. The van der Waals surface area contributed by atoms with E-state index in [9.17, 15) is 9.59 Å². The number of nitrogens with one attached hydrogen (secondary N) is 1. The zero-order chi connectivity index (χ0) is 18.7. The zero-order valence-corrected chi connectivity index (χ0v) is 16.4. The van der Waals surface area contributed by atoms with E-state index < -0.39 is 6.04 Å². The molecular weight excluding hydrogens is 398 g/mol. The molecule has 7 nitrogen and oxygen atoms in total. The van der Waals surface area contributed by atoms with Gasteiger partial charge in [0.2, 0.25) is 17.8 Å². The second-order valence-electron chi connectivity index (χ2n) is 6.76. The predicted molar refractivity (Wildman–Crippen MR) is 101 cm³/mol. The quantitative estimate of drug-likeness (QED) is 0.780. The van der Waals surface area contributed by atoms with E-state index in [1.54, 1.807) is 15.9 Å². The fourth-order valence-corrected chi connectivity index (χ4v) is 3.42. The van der Waals surface area contributed by atoms with E-state index in [0.717, 1.165) is 16.5 Å². The van der Waals surface area contributed by atoms with Crippen LogP contribution < -0.4 is 5.32 Å². The molecule has 1 saturated heterocycles. The molecule has 26 heavy (non-hydrogen) atoms. The monoisotopic (exact) mass is 419 g/mol. The second-order valence-corrected chi connectivity index (χ2v) is 7.68. The van der Waals surface area contributed by atoms with E-state index in [2.05, 4.69) is 31.3 Å². The average molecular weight is 420 g/mol. The van der Waals surface area contributed by atoms with E-state index in [0.29, 0.717) is 19.5 Å². The van der Waals surface area contributed by atoms with Crippen molar-refractivity contribution in [1.82, 2.24) is 19.7 Å². The smallest absolute Gasteiger partial charge is 0.249 e. The highest BCUT2D eigenvalue weighted by Gasteiger charge is 2.35. The van der Waals surface area contributed by atoms with Crippen molar-refractivity contribution in [2.75, 3.05) is 11.9 Å². The van der Waals surface area contributed by atoms with E-state index in [1.165, 1.54) is 0 Å². The van der Waals surface area contributed by atoms with Crippen LogP contribution in [0, 0.1) is 5.92 Å². The zero-order valence-electron chi connectivity index (χ0n) is 14.9. The molecule has 138 valence electrons. The molecule has 2 aromatic rings. The summed E-state index contributed by atoms with van der Waals surface area (Å²) in [7, 11) is 0. The fraction of sp³-hybridized carbons (Fsp3) is 0.444. The van der Waals surface area contributed by atoms with Gasteiger partial charge in [-0.1, -0.05) is 41.9 Å². The highest BCUT2D eigenvalue weighted by Crippen LogP contribution is 2.20. The topological polar surface area (TPSA) is 80.1 Å². The number of aromatic nitrogens is 3. The predicted octanol–water partition coefficient (Wildman–Crippen LogP) is 2.67. The Bertz CT molecular complexity index is 787. The second kappa shape index (κ2) is 7.99. The van der Waals surface area contributed by atoms with Crippen LogP contribution in [-0.4, -0.2) is 44.1 Å². The third kappa shape index (κ3) is 4.30. The van der Waals surface area contributed by atoms with Crippen molar-refractivity contribution >= 4 is 33.7 Å².